The van der Waals surface area contributed by atoms with Crippen LogP contribution in [0.3, 0.4) is 0 Å². The third kappa shape index (κ3) is 5.89. The molecule has 1 N–H and O–H groups in total. The summed E-state index contributed by atoms with van der Waals surface area (Å²) in [4.78, 5) is 6.55. The number of halogens is 1. The molecule has 17 heavy (non-hydrogen) atoms. The van der Waals surface area contributed by atoms with E-state index in [4.69, 9.17) is 11.6 Å². The number of rotatable bonds is 7. The zero-order valence-corrected chi connectivity index (χ0v) is 11.7. The van der Waals surface area contributed by atoms with Crippen LogP contribution in [0.4, 0.5) is 5.82 Å². The minimum Gasteiger partial charge on any atom is -0.370 e. The maximum absolute atomic E-state index is 5.76. The monoisotopic (exact) mass is 255 g/mol. The predicted octanol–water partition coefficient (Wildman–Crippen LogP) is 3.27. The maximum atomic E-state index is 5.76. The SMILES string of the molecule is CC(C)N(C)CCCCNc1ccc(Cl)cn1. The number of hydrogen-bond acceptors (Lipinski definition) is 3. The topological polar surface area (TPSA) is 28.2 Å². The quantitative estimate of drug-likeness (QED) is 0.758. The third-order valence-electron chi connectivity index (χ3n) is 2.85. The van der Waals surface area contributed by atoms with Crippen molar-refractivity contribution in [3.63, 3.8) is 0 Å². The van der Waals surface area contributed by atoms with E-state index in [9.17, 15) is 0 Å². The first-order valence-electron chi connectivity index (χ1n) is 6.15. The molecule has 0 atom stereocenters. The molecule has 0 radical (unpaired) electrons. The van der Waals surface area contributed by atoms with Gasteiger partial charge in [-0.3, -0.25) is 0 Å². The van der Waals surface area contributed by atoms with Crippen molar-refractivity contribution in [1.82, 2.24) is 9.88 Å². The fourth-order valence-corrected chi connectivity index (χ4v) is 1.55. The second kappa shape index (κ2) is 7.51. The molecular weight excluding hydrogens is 234 g/mol. The Balaban J connectivity index is 2.10. The van der Waals surface area contributed by atoms with Crippen LogP contribution in [0, 0.1) is 0 Å². The smallest absolute Gasteiger partial charge is 0.125 e. The second-order valence-electron chi connectivity index (χ2n) is 4.57. The Hall–Kier alpha value is -0.800. The average molecular weight is 256 g/mol. The van der Waals surface area contributed by atoms with E-state index in [2.05, 4.69) is 36.1 Å². The zero-order chi connectivity index (χ0) is 12.7. The lowest BCUT2D eigenvalue weighted by molar-refractivity contribution is 0.269. The predicted molar refractivity (Wildman–Crippen MR) is 74.7 cm³/mol. The van der Waals surface area contributed by atoms with Crippen molar-refractivity contribution in [3.8, 4) is 0 Å². The zero-order valence-electron chi connectivity index (χ0n) is 10.9. The van der Waals surface area contributed by atoms with Crippen molar-refractivity contribution >= 4 is 17.4 Å². The molecule has 4 heteroatoms. The van der Waals surface area contributed by atoms with Gasteiger partial charge in [0.25, 0.3) is 0 Å². The fourth-order valence-electron chi connectivity index (χ4n) is 1.44. The molecule has 1 heterocycles. The van der Waals surface area contributed by atoms with E-state index < -0.39 is 0 Å². The first-order chi connectivity index (χ1) is 8.09. The lowest BCUT2D eigenvalue weighted by atomic mass is 10.2. The first kappa shape index (κ1) is 14.3. The fraction of sp³-hybridized carbons (Fsp3) is 0.615. The number of pyridine rings is 1. The molecule has 0 unspecified atom stereocenters. The van der Waals surface area contributed by atoms with Crippen LogP contribution in [0.1, 0.15) is 26.7 Å². The molecule has 3 nitrogen and oxygen atoms in total. The van der Waals surface area contributed by atoms with Gasteiger partial charge in [0, 0.05) is 18.8 Å². The molecule has 0 saturated heterocycles. The molecular formula is C13H22ClN3. The van der Waals surface area contributed by atoms with Crippen LogP contribution in [0.25, 0.3) is 0 Å². The van der Waals surface area contributed by atoms with Crippen molar-refractivity contribution in [3.05, 3.63) is 23.4 Å². The van der Waals surface area contributed by atoms with Crippen LogP contribution in [0.15, 0.2) is 18.3 Å². The summed E-state index contributed by atoms with van der Waals surface area (Å²) in [5.74, 6) is 0.895. The van der Waals surface area contributed by atoms with E-state index in [1.165, 1.54) is 6.42 Å². The Morgan fingerprint density at radius 1 is 1.35 bits per heavy atom. The summed E-state index contributed by atoms with van der Waals surface area (Å²) in [5, 5.41) is 3.96. The van der Waals surface area contributed by atoms with Gasteiger partial charge in [0.15, 0.2) is 0 Å². The van der Waals surface area contributed by atoms with Crippen LogP contribution in [0.5, 0.6) is 0 Å². The van der Waals surface area contributed by atoms with Gasteiger partial charge in [0.2, 0.25) is 0 Å². The van der Waals surface area contributed by atoms with Gasteiger partial charge in [-0.15, -0.1) is 0 Å². The highest BCUT2D eigenvalue weighted by molar-refractivity contribution is 6.30. The van der Waals surface area contributed by atoms with Crippen LogP contribution in [0.2, 0.25) is 5.02 Å². The minimum atomic E-state index is 0.626. The standard InChI is InChI=1S/C13H22ClN3/c1-11(2)17(3)9-5-4-8-15-13-7-6-12(14)10-16-13/h6-7,10-11H,4-5,8-9H2,1-3H3,(H,15,16). The van der Waals surface area contributed by atoms with Crippen molar-refractivity contribution in [2.45, 2.75) is 32.7 Å². The molecule has 0 spiro atoms. The van der Waals surface area contributed by atoms with Gasteiger partial charge in [0.1, 0.15) is 5.82 Å². The second-order valence-corrected chi connectivity index (χ2v) is 5.01. The average Bonchev–Trinajstić information content (AvgIpc) is 2.30. The molecule has 0 aliphatic carbocycles. The van der Waals surface area contributed by atoms with E-state index in [1.807, 2.05) is 12.1 Å². The normalized spacial score (nSPS) is 11.2. The number of hydrogen-bond donors (Lipinski definition) is 1. The highest BCUT2D eigenvalue weighted by Gasteiger charge is 2.01. The summed E-state index contributed by atoms with van der Waals surface area (Å²) in [5.41, 5.74) is 0. The lowest BCUT2D eigenvalue weighted by Crippen LogP contribution is -2.27. The largest absolute Gasteiger partial charge is 0.370 e. The van der Waals surface area contributed by atoms with Crippen molar-refractivity contribution in [1.29, 1.82) is 0 Å². The van der Waals surface area contributed by atoms with Gasteiger partial charge in [-0.2, -0.15) is 0 Å². The Morgan fingerprint density at radius 3 is 2.71 bits per heavy atom. The Bertz CT molecular complexity index is 311. The minimum absolute atomic E-state index is 0.626. The molecule has 96 valence electrons. The number of anilines is 1. The highest BCUT2D eigenvalue weighted by Crippen LogP contribution is 2.09. The van der Waals surface area contributed by atoms with E-state index in [0.717, 1.165) is 25.3 Å². The van der Waals surface area contributed by atoms with Crippen molar-refractivity contribution in [2.75, 3.05) is 25.5 Å². The Kier molecular flexibility index (Phi) is 6.30. The van der Waals surface area contributed by atoms with Gasteiger partial charge in [-0.05, 0) is 52.4 Å². The molecule has 0 bridgehead atoms. The summed E-state index contributed by atoms with van der Waals surface area (Å²) >= 11 is 5.76. The van der Waals surface area contributed by atoms with Gasteiger partial charge in [-0.1, -0.05) is 11.6 Å². The van der Waals surface area contributed by atoms with Gasteiger partial charge < -0.3 is 10.2 Å². The summed E-state index contributed by atoms with van der Waals surface area (Å²) in [6.07, 6.45) is 4.02. The molecule has 0 aliphatic heterocycles. The number of aromatic nitrogens is 1. The maximum Gasteiger partial charge on any atom is 0.125 e. The molecule has 1 rings (SSSR count). The van der Waals surface area contributed by atoms with Crippen LogP contribution < -0.4 is 5.32 Å². The van der Waals surface area contributed by atoms with Crippen LogP contribution >= 0.6 is 11.6 Å². The highest BCUT2D eigenvalue weighted by atomic mass is 35.5. The molecule has 0 aliphatic rings. The van der Waals surface area contributed by atoms with Crippen molar-refractivity contribution in [2.24, 2.45) is 0 Å². The first-order valence-corrected chi connectivity index (χ1v) is 6.53. The Morgan fingerprint density at radius 2 is 2.12 bits per heavy atom. The molecule has 0 aromatic carbocycles. The number of nitrogens with one attached hydrogen (secondary N) is 1. The van der Waals surface area contributed by atoms with E-state index in [0.29, 0.717) is 11.1 Å². The molecule has 0 saturated carbocycles. The summed E-state index contributed by atoms with van der Waals surface area (Å²) in [7, 11) is 2.17. The summed E-state index contributed by atoms with van der Waals surface area (Å²) in [6, 6.07) is 4.38. The van der Waals surface area contributed by atoms with Gasteiger partial charge >= 0.3 is 0 Å². The van der Waals surface area contributed by atoms with Gasteiger partial charge in [0.05, 0.1) is 5.02 Å². The summed E-state index contributed by atoms with van der Waals surface area (Å²) in [6.45, 7) is 6.54. The van der Waals surface area contributed by atoms with Crippen LogP contribution in [-0.4, -0.2) is 36.1 Å². The van der Waals surface area contributed by atoms with E-state index >= 15 is 0 Å². The van der Waals surface area contributed by atoms with E-state index in [-0.39, 0.29) is 0 Å². The van der Waals surface area contributed by atoms with Crippen molar-refractivity contribution < 1.29 is 0 Å². The lowest BCUT2D eigenvalue weighted by Gasteiger charge is -2.20. The number of nitrogens with zero attached hydrogens (tertiary/aromatic N) is 2. The van der Waals surface area contributed by atoms with Crippen LogP contribution in [-0.2, 0) is 0 Å². The number of unbranched alkanes of at least 4 members (excludes halogenated alkanes) is 1. The van der Waals surface area contributed by atoms with E-state index in [1.54, 1.807) is 6.20 Å². The van der Waals surface area contributed by atoms with Gasteiger partial charge in [-0.25, -0.2) is 4.98 Å². The molecule has 0 amide bonds. The summed E-state index contributed by atoms with van der Waals surface area (Å²) < 4.78 is 0. The molecule has 1 aromatic heterocycles. The molecule has 0 fully saturated rings. The Labute approximate surface area is 109 Å². The third-order valence-corrected chi connectivity index (χ3v) is 3.08. The molecule has 1 aromatic rings.